The number of amides is 1. The fraction of sp³-hybridized carbons (Fsp3) is 0.750. The molecular weight excluding hydrogens is 344 g/mol. The predicted molar refractivity (Wildman–Crippen MR) is 90.8 cm³/mol. The highest BCUT2D eigenvalue weighted by Gasteiger charge is 2.38. The minimum Gasteiger partial charge on any atom is -0.381 e. The van der Waals surface area contributed by atoms with E-state index in [9.17, 15) is 13.2 Å². The molecule has 0 spiro atoms. The molecule has 3 saturated heterocycles. The van der Waals surface area contributed by atoms with Gasteiger partial charge in [0.25, 0.3) is 5.91 Å². The molecule has 2 atom stereocenters. The lowest BCUT2D eigenvalue weighted by molar-refractivity contribution is 0.0657. The molecular formula is C16H24N4O4S. The number of sulfonamides is 1. The number of aromatic amines is 1. The van der Waals surface area contributed by atoms with Crippen LogP contribution in [-0.2, 0) is 14.8 Å². The summed E-state index contributed by atoms with van der Waals surface area (Å²) in [7, 11) is -3.15. The molecule has 0 saturated carbocycles. The van der Waals surface area contributed by atoms with Crippen molar-refractivity contribution < 1.29 is 17.9 Å². The Labute approximate surface area is 147 Å². The standard InChI is InChI=1S/C16H24N4O4S/c21-16(14-9-17-18-15(14)12-4-7-24-11-12)19-5-1-3-13(10-19)20-6-2-8-25(20,22)23/h9,12-13H,1-8,10-11H2,(H,17,18). The Morgan fingerprint density at radius 3 is 2.88 bits per heavy atom. The largest absolute Gasteiger partial charge is 0.381 e. The quantitative estimate of drug-likeness (QED) is 0.841. The summed E-state index contributed by atoms with van der Waals surface area (Å²) in [4.78, 5) is 14.8. The molecule has 3 fully saturated rings. The molecule has 4 heterocycles. The maximum absolute atomic E-state index is 13.0. The van der Waals surface area contributed by atoms with Gasteiger partial charge in [-0.05, 0) is 25.7 Å². The maximum atomic E-state index is 13.0. The Morgan fingerprint density at radius 1 is 1.28 bits per heavy atom. The normalized spacial score (nSPS) is 30.0. The molecule has 9 heteroatoms. The number of carbonyl (C=O) groups is 1. The Balaban J connectivity index is 1.50. The van der Waals surface area contributed by atoms with Crippen LogP contribution in [0, 0.1) is 0 Å². The van der Waals surface area contributed by atoms with Crippen LogP contribution >= 0.6 is 0 Å². The average Bonchev–Trinajstić information content (AvgIpc) is 3.33. The summed E-state index contributed by atoms with van der Waals surface area (Å²) in [6, 6.07) is -0.102. The van der Waals surface area contributed by atoms with Crippen molar-refractivity contribution >= 4 is 15.9 Å². The second-order valence-electron chi connectivity index (χ2n) is 7.09. The van der Waals surface area contributed by atoms with Gasteiger partial charge in [0, 0.05) is 38.2 Å². The smallest absolute Gasteiger partial charge is 0.257 e. The third kappa shape index (κ3) is 3.20. The van der Waals surface area contributed by atoms with Gasteiger partial charge in [0.05, 0.1) is 29.8 Å². The summed E-state index contributed by atoms with van der Waals surface area (Å²) in [6.45, 7) is 3.01. The number of likely N-dealkylation sites (tertiary alicyclic amines) is 1. The van der Waals surface area contributed by atoms with Crippen molar-refractivity contribution in [3.05, 3.63) is 17.5 Å². The van der Waals surface area contributed by atoms with Crippen molar-refractivity contribution in [1.82, 2.24) is 19.4 Å². The summed E-state index contributed by atoms with van der Waals surface area (Å²) in [5.41, 5.74) is 1.44. The average molecular weight is 368 g/mol. The molecule has 0 aliphatic carbocycles. The highest BCUT2D eigenvalue weighted by atomic mass is 32.2. The number of carbonyl (C=O) groups excluding carboxylic acids is 1. The van der Waals surface area contributed by atoms with Crippen molar-refractivity contribution in [2.75, 3.05) is 38.6 Å². The number of rotatable bonds is 3. The van der Waals surface area contributed by atoms with E-state index in [-0.39, 0.29) is 23.6 Å². The van der Waals surface area contributed by atoms with Gasteiger partial charge in [-0.3, -0.25) is 9.89 Å². The zero-order valence-electron chi connectivity index (χ0n) is 14.2. The minimum absolute atomic E-state index is 0.0584. The number of nitrogens with one attached hydrogen (secondary N) is 1. The van der Waals surface area contributed by atoms with Crippen molar-refractivity contribution in [3.8, 4) is 0 Å². The van der Waals surface area contributed by atoms with E-state index in [2.05, 4.69) is 10.2 Å². The van der Waals surface area contributed by atoms with E-state index < -0.39 is 10.0 Å². The molecule has 3 aliphatic heterocycles. The first-order valence-corrected chi connectivity index (χ1v) is 10.6. The van der Waals surface area contributed by atoms with Crippen LogP contribution in [0.3, 0.4) is 0 Å². The van der Waals surface area contributed by atoms with Gasteiger partial charge in [0.1, 0.15) is 0 Å². The van der Waals surface area contributed by atoms with Gasteiger partial charge in [-0.2, -0.15) is 9.40 Å². The number of piperidine rings is 1. The number of H-pyrrole nitrogens is 1. The first kappa shape index (κ1) is 17.0. The molecule has 1 N–H and O–H groups in total. The van der Waals surface area contributed by atoms with Crippen LogP contribution in [0.25, 0.3) is 0 Å². The van der Waals surface area contributed by atoms with Crippen molar-refractivity contribution in [3.63, 3.8) is 0 Å². The fourth-order valence-corrected chi connectivity index (χ4v) is 5.92. The molecule has 2 unspecified atom stereocenters. The van der Waals surface area contributed by atoms with Crippen LogP contribution < -0.4 is 0 Å². The van der Waals surface area contributed by atoms with Gasteiger partial charge in [-0.25, -0.2) is 8.42 Å². The van der Waals surface area contributed by atoms with E-state index in [0.29, 0.717) is 44.8 Å². The molecule has 1 aromatic rings. The topological polar surface area (TPSA) is 95.6 Å². The molecule has 25 heavy (non-hydrogen) atoms. The van der Waals surface area contributed by atoms with Gasteiger partial charge in [-0.15, -0.1) is 0 Å². The second kappa shape index (κ2) is 6.69. The SMILES string of the molecule is O=C(c1cn[nH]c1C1CCOC1)N1CCCC(N2CCCS2(=O)=O)C1. The van der Waals surface area contributed by atoms with E-state index in [1.807, 2.05) is 0 Å². The van der Waals surface area contributed by atoms with Gasteiger partial charge in [-0.1, -0.05) is 0 Å². The first-order chi connectivity index (χ1) is 12.1. The number of hydrogen-bond acceptors (Lipinski definition) is 5. The van der Waals surface area contributed by atoms with Crippen LogP contribution in [-0.4, -0.2) is 78.4 Å². The summed E-state index contributed by atoms with van der Waals surface area (Å²) in [5.74, 6) is 0.350. The minimum atomic E-state index is -3.15. The number of aromatic nitrogens is 2. The third-order valence-electron chi connectivity index (χ3n) is 5.47. The molecule has 138 valence electrons. The summed E-state index contributed by atoms with van der Waals surface area (Å²) >= 11 is 0. The Bertz CT molecular complexity index is 741. The number of nitrogens with zero attached hydrogens (tertiary/aromatic N) is 3. The lowest BCUT2D eigenvalue weighted by Crippen LogP contribution is -2.50. The number of ether oxygens (including phenoxy) is 1. The molecule has 0 aromatic carbocycles. The Hall–Kier alpha value is -1.45. The van der Waals surface area contributed by atoms with E-state index in [1.165, 1.54) is 0 Å². The van der Waals surface area contributed by atoms with Crippen LogP contribution in [0.5, 0.6) is 0 Å². The summed E-state index contributed by atoms with van der Waals surface area (Å²) in [6.07, 6.45) is 4.80. The van der Waals surface area contributed by atoms with Crippen LogP contribution in [0.15, 0.2) is 6.20 Å². The van der Waals surface area contributed by atoms with Crippen LogP contribution in [0.1, 0.15) is 47.7 Å². The summed E-state index contributed by atoms with van der Waals surface area (Å²) < 4.78 is 31.4. The zero-order chi connectivity index (χ0) is 17.4. The predicted octanol–water partition coefficient (Wildman–Crippen LogP) is 0.554. The lowest BCUT2D eigenvalue weighted by Gasteiger charge is -2.36. The Morgan fingerprint density at radius 2 is 2.16 bits per heavy atom. The van der Waals surface area contributed by atoms with E-state index >= 15 is 0 Å². The van der Waals surface area contributed by atoms with E-state index in [4.69, 9.17) is 4.74 Å². The monoisotopic (exact) mass is 368 g/mol. The number of hydrogen-bond donors (Lipinski definition) is 1. The molecule has 4 rings (SSSR count). The maximum Gasteiger partial charge on any atom is 0.257 e. The van der Waals surface area contributed by atoms with Crippen LogP contribution in [0.4, 0.5) is 0 Å². The molecule has 8 nitrogen and oxygen atoms in total. The van der Waals surface area contributed by atoms with Crippen molar-refractivity contribution in [2.45, 2.75) is 37.6 Å². The molecule has 1 amide bonds. The lowest BCUT2D eigenvalue weighted by atomic mass is 9.99. The third-order valence-corrected chi connectivity index (χ3v) is 7.47. The van der Waals surface area contributed by atoms with E-state index in [1.54, 1.807) is 15.4 Å². The zero-order valence-corrected chi connectivity index (χ0v) is 15.0. The molecule has 0 radical (unpaired) electrons. The van der Waals surface area contributed by atoms with E-state index in [0.717, 1.165) is 25.0 Å². The fourth-order valence-electron chi connectivity index (χ4n) is 4.15. The van der Waals surface area contributed by atoms with Crippen molar-refractivity contribution in [2.24, 2.45) is 0 Å². The molecule has 3 aliphatic rings. The highest BCUT2D eigenvalue weighted by molar-refractivity contribution is 7.89. The first-order valence-electron chi connectivity index (χ1n) is 8.96. The van der Waals surface area contributed by atoms with Gasteiger partial charge in [0.2, 0.25) is 10.0 Å². The summed E-state index contributed by atoms with van der Waals surface area (Å²) in [5, 5.41) is 7.03. The van der Waals surface area contributed by atoms with Gasteiger partial charge in [0.15, 0.2) is 0 Å². The highest BCUT2D eigenvalue weighted by Crippen LogP contribution is 2.29. The van der Waals surface area contributed by atoms with Gasteiger partial charge < -0.3 is 9.64 Å². The van der Waals surface area contributed by atoms with Gasteiger partial charge >= 0.3 is 0 Å². The van der Waals surface area contributed by atoms with Crippen LogP contribution in [0.2, 0.25) is 0 Å². The molecule has 1 aromatic heterocycles. The van der Waals surface area contributed by atoms with Crippen molar-refractivity contribution in [1.29, 1.82) is 0 Å². The molecule has 0 bridgehead atoms. The Kier molecular flexibility index (Phi) is 4.55. The second-order valence-corrected chi connectivity index (χ2v) is 9.13.